The molecule has 0 radical (unpaired) electrons. The van der Waals surface area contributed by atoms with Gasteiger partial charge in [-0.15, -0.1) is 0 Å². The van der Waals surface area contributed by atoms with Gasteiger partial charge in [-0.1, -0.05) is 68.4 Å². The van der Waals surface area contributed by atoms with Gasteiger partial charge in [-0.25, -0.2) is 4.98 Å². The molecule has 4 aromatic rings. The quantitative estimate of drug-likeness (QED) is 0.276. The molecule has 5 nitrogen and oxygen atoms in total. The molecule has 0 aliphatic rings. The highest BCUT2D eigenvalue weighted by Gasteiger charge is 2.35. The number of carbonyl (C=O) groups is 1. The standard InChI is InChI=1S/C29H27F3N2O3/c1-28(2,16-26(35)36)27-33-24(17-34(27)3)22-13-14-25(23(15-22)29(30,31)32)37-18-19-9-11-21(12-10-19)20-7-5-4-6-8-20/h4-15,17H,16,18H2,1-3H3,(H,35,36). The van der Waals surface area contributed by atoms with E-state index in [0.717, 1.165) is 22.8 Å². The minimum atomic E-state index is -4.64. The van der Waals surface area contributed by atoms with Crippen molar-refractivity contribution >= 4 is 5.97 Å². The smallest absolute Gasteiger partial charge is 0.419 e. The van der Waals surface area contributed by atoms with Crippen LogP contribution < -0.4 is 4.74 Å². The van der Waals surface area contributed by atoms with E-state index in [1.54, 1.807) is 31.7 Å². The molecular weight excluding hydrogens is 481 g/mol. The SMILES string of the molecule is Cn1cc(-c2ccc(OCc3ccc(-c4ccccc4)cc3)c(C(F)(F)F)c2)nc1C(C)(C)CC(=O)O. The van der Waals surface area contributed by atoms with Gasteiger partial charge in [-0.05, 0) is 34.9 Å². The van der Waals surface area contributed by atoms with Crippen molar-refractivity contribution in [3.63, 3.8) is 0 Å². The molecule has 0 aliphatic heterocycles. The molecule has 1 N–H and O–H groups in total. The third-order valence-electron chi connectivity index (χ3n) is 6.11. The van der Waals surface area contributed by atoms with Crippen LogP contribution in [-0.4, -0.2) is 20.6 Å². The number of benzene rings is 3. The van der Waals surface area contributed by atoms with E-state index in [2.05, 4.69) is 4.98 Å². The summed E-state index contributed by atoms with van der Waals surface area (Å²) in [6.07, 6.45) is -3.20. The fourth-order valence-electron chi connectivity index (χ4n) is 4.31. The summed E-state index contributed by atoms with van der Waals surface area (Å²) in [6, 6.07) is 21.1. The molecule has 3 aromatic carbocycles. The van der Waals surface area contributed by atoms with Gasteiger partial charge in [-0.3, -0.25) is 4.79 Å². The molecule has 0 atom stereocenters. The molecule has 0 aliphatic carbocycles. The predicted molar refractivity (Wildman–Crippen MR) is 135 cm³/mol. The lowest BCUT2D eigenvalue weighted by molar-refractivity contribution is -0.139. The maximum atomic E-state index is 14.0. The number of aromatic nitrogens is 2. The van der Waals surface area contributed by atoms with Gasteiger partial charge >= 0.3 is 12.1 Å². The van der Waals surface area contributed by atoms with Crippen molar-refractivity contribution in [2.75, 3.05) is 0 Å². The fraction of sp³-hybridized carbons (Fsp3) is 0.241. The second-order valence-electron chi connectivity index (χ2n) is 9.58. The summed E-state index contributed by atoms with van der Waals surface area (Å²) in [7, 11) is 1.70. The second kappa shape index (κ2) is 10.1. The van der Waals surface area contributed by atoms with Crippen molar-refractivity contribution in [2.24, 2.45) is 7.05 Å². The van der Waals surface area contributed by atoms with Gasteiger partial charge in [0.05, 0.1) is 17.7 Å². The summed E-state index contributed by atoms with van der Waals surface area (Å²) in [4.78, 5) is 15.7. The molecule has 0 saturated carbocycles. The number of aryl methyl sites for hydroxylation is 1. The molecule has 37 heavy (non-hydrogen) atoms. The van der Waals surface area contributed by atoms with Crippen molar-refractivity contribution < 1.29 is 27.8 Å². The lowest BCUT2D eigenvalue weighted by Gasteiger charge is -2.21. The Labute approximate surface area is 213 Å². The number of hydrogen-bond donors (Lipinski definition) is 1. The summed E-state index contributed by atoms with van der Waals surface area (Å²) in [5.74, 6) is -0.784. The molecule has 1 aromatic heterocycles. The first kappa shape index (κ1) is 26.0. The Balaban J connectivity index is 1.57. The Hall–Kier alpha value is -4.07. The van der Waals surface area contributed by atoms with Crippen molar-refractivity contribution in [2.45, 2.75) is 38.5 Å². The average Bonchev–Trinajstić information content (AvgIpc) is 3.25. The predicted octanol–water partition coefficient (Wildman–Crippen LogP) is 7.10. The van der Waals surface area contributed by atoms with Crippen LogP contribution in [0, 0.1) is 0 Å². The maximum absolute atomic E-state index is 14.0. The average molecular weight is 509 g/mol. The number of hydrogen-bond acceptors (Lipinski definition) is 3. The number of nitrogens with zero attached hydrogens (tertiary/aromatic N) is 2. The molecule has 0 unspecified atom stereocenters. The van der Waals surface area contributed by atoms with Gasteiger partial charge in [0, 0.05) is 24.2 Å². The minimum absolute atomic E-state index is 0.0192. The molecule has 4 rings (SSSR count). The summed E-state index contributed by atoms with van der Waals surface area (Å²) < 4.78 is 49.1. The highest BCUT2D eigenvalue weighted by molar-refractivity contribution is 5.69. The van der Waals surface area contributed by atoms with Crippen LogP contribution in [0.5, 0.6) is 5.75 Å². The van der Waals surface area contributed by atoms with E-state index >= 15 is 0 Å². The minimum Gasteiger partial charge on any atom is -0.488 e. The summed E-state index contributed by atoms with van der Waals surface area (Å²) in [5.41, 5.74) is 1.68. The molecule has 0 spiro atoms. The zero-order chi connectivity index (χ0) is 26.8. The van der Waals surface area contributed by atoms with E-state index in [1.807, 2.05) is 54.6 Å². The first-order valence-electron chi connectivity index (χ1n) is 11.7. The Morgan fingerprint density at radius 2 is 1.57 bits per heavy atom. The lowest BCUT2D eigenvalue weighted by atomic mass is 9.88. The third kappa shape index (κ3) is 6.02. The number of carboxylic acids is 1. The van der Waals surface area contributed by atoms with Crippen LogP contribution in [0.25, 0.3) is 22.4 Å². The van der Waals surface area contributed by atoms with Crippen LogP contribution in [0.2, 0.25) is 0 Å². The molecule has 1 heterocycles. The first-order chi connectivity index (χ1) is 17.4. The van der Waals surface area contributed by atoms with Crippen molar-refractivity contribution in [3.05, 3.63) is 95.9 Å². The third-order valence-corrected chi connectivity index (χ3v) is 6.11. The van der Waals surface area contributed by atoms with Crippen molar-refractivity contribution in [3.8, 4) is 28.1 Å². The normalized spacial score (nSPS) is 11.9. The molecule has 0 fully saturated rings. The van der Waals surface area contributed by atoms with Crippen LogP contribution in [0.1, 0.15) is 37.2 Å². The molecule has 0 bridgehead atoms. The maximum Gasteiger partial charge on any atom is 0.419 e. The van der Waals surface area contributed by atoms with Gasteiger partial charge in [0.15, 0.2) is 0 Å². The highest BCUT2D eigenvalue weighted by atomic mass is 19.4. The van der Waals surface area contributed by atoms with E-state index in [4.69, 9.17) is 4.74 Å². The van der Waals surface area contributed by atoms with Crippen LogP contribution in [-0.2, 0) is 30.0 Å². The molecule has 8 heteroatoms. The van der Waals surface area contributed by atoms with Gasteiger partial charge in [-0.2, -0.15) is 13.2 Å². The van der Waals surface area contributed by atoms with E-state index in [0.29, 0.717) is 11.5 Å². The van der Waals surface area contributed by atoms with Crippen molar-refractivity contribution in [1.29, 1.82) is 0 Å². The first-order valence-corrected chi connectivity index (χ1v) is 11.7. The van der Waals surface area contributed by atoms with Crippen LogP contribution in [0.4, 0.5) is 13.2 Å². The Morgan fingerprint density at radius 1 is 0.946 bits per heavy atom. The summed E-state index contributed by atoms with van der Waals surface area (Å²) in [6.45, 7) is 3.45. The fourth-order valence-corrected chi connectivity index (χ4v) is 4.31. The zero-order valence-electron chi connectivity index (χ0n) is 20.7. The number of imidazole rings is 1. The van der Waals surface area contributed by atoms with Crippen molar-refractivity contribution in [1.82, 2.24) is 9.55 Å². The number of ether oxygens (including phenoxy) is 1. The number of rotatable bonds is 8. The Bertz CT molecular complexity index is 1390. The number of alkyl halides is 3. The number of halogens is 3. The highest BCUT2D eigenvalue weighted by Crippen LogP contribution is 2.39. The van der Waals surface area contributed by atoms with Crippen LogP contribution >= 0.6 is 0 Å². The van der Waals surface area contributed by atoms with Gasteiger partial charge in [0.2, 0.25) is 0 Å². The second-order valence-corrected chi connectivity index (χ2v) is 9.58. The Kier molecular flexibility index (Phi) is 7.12. The number of aliphatic carboxylic acids is 1. The van der Waals surface area contributed by atoms with Gasteiger partial charge < -0.3 is 14.4 Å². The largest absolute Gasteiger partial charge is 0.488 e. The molecular formula is C29H27F3N2O3. The van der Waals surface area contributed by atoms with Gasteiger partial charge in [0.25, 0.3) is 0 Å². The molecule has 192 valence electrons. The van der Waals surface area contributed by atoms with E-state index < -0.39 is 23.1 Å². The topological polar surface area (TPSA) is 64.4 Å². The summed E-state index contributed by atoms with van der Waals surface area (Å²) in [5, 5.41) is 9.20. The summed E-state index contributed by atoms with van der Waals surface area (Å²) >= 11 is 0. The van der Waals surface area contributed by atoms with E-state index in [1.165, 1.54) is 12.1 Å². The number of carboxylic acid groups (broad SMARTS) is 1. The van der Waals surface area contributed by atoms with E-state index in [-0.39, 0.29) is 24.3 Å². The van der Waals surface area contributed by atoms with E-state index in [9.17, 15) is 23.1 Å². The molecule has 0 amide bonds. The Morgan fingerprint density at radius 3 is 2.19 bits per heavy atom. The zero-order valence-corrected chi connectivity index (χ0v) is 20.7. The van der Waals surface area contributed by atoms with Crippen LogP contribution in [0.3, 0.4) is 0 Å². The van der Waals surface area contributed by atoms with Gasteiger partial charge in [0.1, 0.15) is 18.2 Å². The lowest BCUT2D eigenvalue weighted by Crippen LogP contribution is -2.25. The monoisotopic (exact) mass is 508 g/mol. The van der Waals surface area contributed by atoms with Crippen LogP contribution in [0.15, 0.2) is 79.0 Å². The molecule has 0 saturated heterocycles.